The Morgan fingerprint density at radius 3 is 2.03 bits per heavy atom. The molecule has 146 valence electrons. The normalized spacial score (nSPS) is 11.0. The molecule has 0 spiro atoms. The predicted octanol–water partition coefficient (Wildman–Crippen LogP) is 7.65. The van der Waals surface area contributed by atoms with Gasteiger partial charge in [-0.05, 0) is 29.1 Å². The second-order valence-electron chi connectivity index (χ2n) is 7.05. The van der Waals surface area contributed by atoms with E-state index in [1.807, 2.05) is 24.3 Å². The zero-order valence-electron chi connectivity index (χ0n) is 16.2. The molecule has 5 aromatic rings. The van der Waals surface area contributed by atoms with E-state index < -0.39 is 0 Å². The Hall–Kier alpha value is -3.14. The van der Waals surface area contributed by atoms with Gasteiger partial charge in [0.2, 0.25) is 0 Å². The Bertz CT molecular complexity index is 1240. The molecule has 0 aliphatic heterocycles. The standard InChI is InChI=1S/C26H19ClN2S/c27-22-15-13-19(14-16-22)18-29-25(21-10-5-2-6-11-21)24(20-8-3-1-4-9-20)28-26(29)23-12-7-17-30-23/h1-17H,18H2. The van der Waals surface area contributed by atoms with Crippen LogP contribution in [0.5, 0.6) is 0 Å². The van der Waals surface area contributed by atoms with Crippen molar-refractivity contribution in [3.8, 4) is 33.2 Å². The van der Waals surface area contributed by atoms with Crippen LogP contribution in [0.25, 0.3) is 33.2 Å². The Kier molecular flexibility index (Phi) is 5.22. The lowest BCUT2D eigenvalue weighted by atomic mass is 10.0. The molecule has 0 atom stereocenters. The van der Waals surface area contributed by atoms with Gasteiger partial charge in [-0.1, -0.05) is 90.5 Å². The van der Waals surface area contributed by atoms with Gasteiger partial charge in [0, 0.05) is 22.7 Å². The van der Waals surface area contributed by atoms with Gasteiger partial charge in [-0.25, -0.2) is 4.98 Å². The third-order valence-corrected chi connectivity index (χ3v) is 6.18. The highest BCUT2D eigenvalue weighted by Crippen LogP contribution is 2.38. The molecule has 3 aromatic carbocycles. The molecule has 2 nitrogen and oxygen atoms in total. The highest BCUT2D eigenvalue weighted by Gasteiger charge is 2.21. The van der Waals surface area contributed by atoms with Gasteiger partial charge in [-0.3, -0.25) is 0 Å². The number of aromatic nitrogens is 2. The third kappa shape index (κ3) is 3.70. The van der Waals surface area contributed by atoms with Crippen molar-refractivity contribution in [2.45, 2.75) is 6.54 Å². The first-order valence-electron chi connectivity index (χ1n) is 9.79. The number of hydrogen-bond acceptors (Lipinski definition) is 2. The van der Waals surface area contributed by atoms with Gasteiger partial charge in [0.25, 0.3) is 0 Å². The topological polar surface area (TPSA) is 17.8 Å². The second kappa shape index (κ2) is 8.31. The van der Waals surface area contributed by atoms with Gasteiger partial charge < -0.3 is 4.57 Å². The molecule has 0 aliphatic rings. The summed E-state index contributed by atoms with van der Waals surface area (Å²) in [6, 6.07) is 33.2. The van der Waals surface area contributed by atoms with E-state index in [9.17, 15) is 0 Å². The van der Waals surface area contributed by atoms with Crippen LogP contribution in [0.15, 0.2) is 102 Å². The number of rotatable bonds is 5. The summed E-state index contributed by atoms with van der Waals surface area (Å²) >= 11 is 7.83. The lowest BCUT2D eigenvalue weighted by Crippen LogP contribution is -2.04. The Balaban J connectivity index is 1.77. The van der Waals surface area contributed by atoms with Crippen molar-refractivity contribution in [1.29, 1.82) is 0 Å². The fourth-order valence-electron chi connectivity index (χ4n) is 3.66. The van der Waals surface area contributed by atoms with Crippen molar-refractivity contribution >= 4 is 22.9 Å². The minimum absolute atomic E-state index is 0.717. The van der Waals surface area contributed by atoms with E-state index in [1.165, 1.54) is 5.56 Å². The van der Waals surface area contributed by atoms with E-state index in [0.717, 1.165) is 38.2 Å². The number of halogens is 1. The van der Waals surface area contributed by atoms with Crippen LogP contribution < -0.4 is 0 Å². The molecule has 30 heavy (non-hydrogen) atoms. The molecule has 0 radical (unpaired) electrons. The monoisotopic (exact) mass is 426 g/mol. The molecular formula is C26H19ClN2S. The van der Waals surface area contributed by atoms with Crippen molar-refractivity contribution in [3.63, 3.8) is 0 Å². The fourth-order valence-corrected chi connectivity index (χ4v) is 4.51. The molecule has 0 bridgehead atoms. The molecular weight excluding hydrogens is 408 g/mol. The summed E-state index contributed by atoms with van der Waals surface area (Å²) in [4.78, 5) is 6.32. The van der Waals surface area contributed by atoms with E-state index in [0.29, 0.717) is 6.54 Å². The minimum Gasteiger partial charge on any atom is -0.318 e. The van der Waals surface area contributed by atoms with Crippen LogP contribution in [0.2, 0.25) is 5.02 Å². The lowest BCUT2D eigenvalue weighted by Gasteiger charge is -2.13. The molecule has 0 fully saturated rings. The van der Waals surface area contributed by atoms with Crippen LogP contribution in [0, 0.1) is 0 Å². The molecule has 2 aromatic heterocycles. The average Bonchev–Trinajstić information content (AvgIpc) is 3.45. The summed E-state index contributed by atoms with van der Waals surface area (Å²) in [5, 5.41) is 2.84. The Labute approximate surface area is 185 Å². The van der Waals surface area contributed by atoms with Crippen LogP contribution >= 0.6 is 22.9 Å². The molecule has 5 rings (SSSR count). The maximum absolute atomic E-state index is 6.12. The van der Waals surface area contributed by atoms with Crippen LogP contribution in [0.1, 0.15) is 5.56 Å². The van der Waals surface area contributed by atoms with E-state index in [2.05, 4.69) is 82.7 Å². The van der Waals surface area contributed by atoms with Crippen molar-refractivity contribution < 1.29 is 0 Å². The Morgan fingerprint density at radius 2 is 1.40 bits per heavy atom. The summed E-state index contributed by atoms with van der Waals surface area (Å²) in [6.45, 7) is 0.717. The number of thiophene rings is 1. The third-order valence-electron chi connectivity index (χ3n) is 5.06. The van der Waals surface area contributed by atoms with E-state index in [4.69, 9.17) is 16.6 Å². The van der Waals surface area contributed by atoms with E-state index in [1.54, 1.807) is 11.3 Å². The molecule has 0 amide bonds. The van der Waals surface area contributed by atoms with Gasteiger partial charge in [0.1, 0.15) is 0 Å². The molecule has 0 unspecified atom stereocenters. The summed E-state index contributed by atoms with van der Waals surface area (Å²) in [7, 11) is 0. The largest absolute Gasteiger partial charge is 0.318 e. The van der Waals surface area contributed by atoms with Crippen LogP contribution in [0.4, 0.5) is 0 Å². The van der Waals surface area contributed by atoms with Crippen molar-refractivity contribution in [2.75, 3.05) is 0 Å². The maximum Gasteiger partial charge on any atom is 0.151 e. The fraction of sp³-hybridized carbons (Fsp3) is 0.0385. The molecule has 0 saturated carbocycles. The number of benzene rings is 3. The first-order chi connectivity index (χ1) is 14.8. The van der Waals surface area contributed by atoms with Gasteiger partial charge >= 0.3 is 0 Å². The quantitative estimate of drug-likeness (QED) is 0.282. The van der Waals surface area contributed by atoms with Crippen LogP contribution in [0.3, 0.4) is 0 Å². The zero-order chi connectivity index (χ0) is 20.3. The molecule has 2 heterocycles. The number of hydrogen-bond donors (Lipinski definition) is 0. The minimum atomic E-state index is 0.717. The average molecular weight is 427 g/mol. The second-order valence-corrected chi connectivity index (χ2v) is 8.44. The van der Waals surface area contributed by atoms with Gasteiger partial charge in [0.15, 0.2) is 5.82 Å². The van der Waals surface area contributed by atoms with Crippen LogP contribution in [-0.4, -0.2) is 9.55 Å². The SMILES string of the molecule is Clc1ccc(Cn2c(-c3cccs3)nc(-c3ccccc3)c2-c2ccccc2)cc1. The highest BCUT2D eigenvalue weighted by molar-refractivity contribution is 7.13. The zero-order valence-corrected chi connectivity index (χ0v) is 17.8. The van der Waals surface area contributed by atoms with Crippen molar-refractivity contribution in [2.24, 2.45) is 0 Å². The first-order valence-corrected chi connectivity index (χ1v) is 11.0. The first kappa shape index (κ1) is 18.9. The van der Waals surface area contributed by atoms with Crippen LogP contribution in [-0.2, 0) is 6.54 Å². The van der Waals surface area contributed by atoms with E-state index in [-0.39, 0.29) is 0 Å². The van der Waals surface area contributed by atoms with Gasteiger partial charge in [0.05, 0.1) is 16.3 Å². The number of nitrogens with zero attached hydrogens (tertiary/aromatic N) is 2. The summed E-state index contributed by atoms with van der Waals surface area (Å²) < 4.78 is 2.33. The van der Waals surface area contributed by atoms with Gasteiger partial charge in [-0.2, -0.15) is 0 Å². The summed E-state index contributed by atoms with van der Waals surface area (Å²) in [5.41, 5.74) is 5.58. The molecule has 4 heteroatoms. The van der Waals surface area contributed by atoms with E-state index >= 15 is 0 Å². The van der Waals surface area contributed by atoms with Gasteiger partial charge in [-0.15, -0.1) is 11.3 Å². The Morgan fingerprint density at radius 1 is 0.733 bits per heavy atom. The molecule has 0 N–H and O–H groups in total. The molecule has 0 aliphatic carbocycles. The van der Waals surface area contributed by atoms with Crippen molar-refractivity contribution in [3.05, 3.63) is 113 Å². The predicted molar refractivity (Wildman–Crippen MR) is 127 cm³/mol. The summed E-state index contributed by atoms with van der Waals surface area (Å²) in [6.07, 6.45) is 0. The molecule has 0 saturated heterocycles. The van der Waals surface area contributed by atoms with Crippen molar-refractivity contribution in [1.82, 2.24) is 9.55 Å². The summed E-state index contributed by atoms with van der Waals surface area (Å²) in [5.74, 6) is 0.984. The number of imidazole rings is 1. The smallest absolute Gasteiger partial charge is 0.151 e. The highest BCUT2D eigenvalue weighted by atomic mass is 35.5. The lowest BCUT2D eigenvalue weighted by molar-refractivity contribution is 0.816. The maximum atomic E-state index is 6.12.